The number of fused-ring (bicyclic) bond motifs is 1. The van der Waals surface area contributed by atoms with Crippen molar-refractivity contribution in [3.05, 3.63) is 53.3 Å². The molecule has 2 aromatic rings. The highest BCUT2D eigenvalue weighted by Gasteiger charge is 2.35. The molecule has 3 rings (SSSR count). The largest absolute Gasteiger partial charge is 0.493 e. The number of hydrogen-bond acceptors (Lipinski definition) is 2. The molecule has 0 aliphatic carbocycles. The molecule has 0 unspecified atom stereocenters. The number of rotatable bonds is 1. The van der Waals surface area contributed by atoms with Crippen molar-refractivity contribution in [2.75, 3.05) is 13.7 Å². The average Bonchev–Trinajstić information content (AvgIpc) is 2.55. The van der Waals surface area contributed by atoms with Crippen LogP contribution in [0.4, 0.5) is 17.6 Å². The minimum absolute atomic E-state index is 0.0531. The van der Waals surface area contributed by atoms with E-state index in [0.717, 1.165) is 30.5 Å². The van der Waals surface area contributed by atoms with Crippen molar-refractivity contribution in [2.45, 2.75) is 19.0 Å². The molecule has 1 heterocycles. The van der Waals surface area contributed by atoms with Crippen molar-refractivity contribution in [3.63, 3.8) is 0 Å². The Morgan fingerprint density at radius 2 is 1.78 bits per heavy atom. The van der Waals surface area contributed by atoms with E-state index in [1.807, 2.05) is 6.07 Å². The van der Waals surface area contributed by atoms with E-state index in [-0.39, 0.29) is 5.56 Å². The highest BCUT2D eigenvalue weighted by atomic mass is 19.4. The van der Waals surface area contributed by atoms with Gasteiger partial charge in [-0.2, -0.15) is 13.2 Å². The maximum atomic E-state index is 13.2. The Kier molecular flexibility index (Phi) is 5.26. The summed E-state index contributed by atoms with van der Waals surface area (Å²) in [6, 6.07) is 7.84. The number of aryl methyl sites for hydroxylation is 1. The first kappa shape index (κ1) is 17.3. The van der Waals surface area contributed by atoms with Gasteiger partial charge in [0, 0.05) is 5.56 Å². The normalized spacial score (nSPS) is 13.5. The minimum Gasteiger partial charge on any atom is -0.493 e. The summed E-state index contributed by atoms with van der Waals surface area (Å²) in [5, 5.41) is 0. The van der Waals surface area contributed by atoms with Crippen LogP contribution >= 0.6 is 0 Å². The molecule has 1 aliphatic heterocycles. The molecule has 0 spiro atoms. The van der Waals surface area contributed by atoms with Crippen molar-refractivity contribution in [1.82, 2.24) is 0 Å². The first-order valence-electron chi connectivity index (χ1n) is 7.16. The number of para-hydroxylation sites is 1. The topological polar surface area (TPSA) is 35.2 Å². The predicted octanol–water partition coefficient (Wildman–Crippen LogP) is 4.41. The first-order valence-corrected chi connectivity index (χ1v) is 7.16. The van der Waals surface area contributed by atoms with Crippen LogP contribution in [0.1, 0.15) is 17.5 Å². The standard InChI is InChI=1S/C16H12F4O.CH5N/c17-11-6-7-12(14(9-11)16(18,19)20)13-5-1-3-10-4-2-8-21-15(10)13;1-2/h1,3,5-7,9H,2,4,8H2;2H2,1H3. The van der Waals surface area contributed by atoms with Gasteiger partial charge in [0.2, 0.25) is 0 Å². The van der Waals surface area contributed by atoms with Crippen LogP contribution in [0.15, 0.2) is 36.4 Å². The summed E-state index contributed by atoms with van der Waals surface area (Å²) in [6.07, 6.45) is -3.01. The molecular weight excluding hydrogens is 310 g/mol. The third-order valence-electron chi connectivity index (χ3n) is 3.51. The lowest BCUT2D eigenvalue weighted by Crippen LogP contribution is -2.11. The summed E-state index contributed by atoms with van der Waals surface area (Å²) in [6.45, 7) is 0.479. The molecule has 0 fully saturated rings. The average molecular weight is 327 g/mol. The van der Waals surface area contributed by atoms with E-state index in [2.05, 4.69) is 5.73 Å². The van der Waals surface area contributed by atoms with Gasteiger partial charge >= 0.3 is 6.18 Å². The zero-order valence-electron chi connectivity index (χ0n) is 12.6. The van der Waals surface area contributed by atoms with Crippen molar-refractivity contribution in [2.24, 2.45) is 5.73 Å². The van der Waals surface area contributed by atoms with Gasteiger partial charge in [0.25, 0.3) is 0 Å². The first-order chi connectivity index (χ1) is 11.0. The van der Waals surface area contributed by atoms with Crippen molar-refractivity contribution < 1.29 is 22.3 Å². The monoisotopic (exact) mass is 327 g/mol. The molecule has 0 saturated heterocycles. The van der Waals surface area contributed by atoms with Crippen LogP contribution in [0.25, 0.3) is 11.1 Å². The maximum Gasteiger partial charge on any atom is 0.417 e. The third kappa shape index (κ3) is 3.64. The molecule has 6 heteroatoms. The number of hydrogen-bond donors (Lipinski definition) is 1. The fourth-order valence-corrected chi connectivity index (χ4v) is 2.59. The molecule has 2 N–H and O–H groups in total. The Balaban J connectivity index is 0.000000924. The second-order valence-corrected chi connectivity index (χ2v) is 4.93. The molecule has 0 radical (unpaired) electrons. The molecule has 0 atom stereocenters. The molecule has 23 heavy (non-hydrogen) atoms. The molecule has 0 saturated carbocycles. The lowest BCUT2D eigenvalue weighted by Gasteiger charge is -2.22. The van der Waals surface area contributed by atoms with E-state index in [1.165, 1.54) is 7.05 Å². The Hall–Kier alpha value is -2.08. The highest BCUT2D eigenvalue weighted by molar-refractivity contribution is 5.75. The smallest absolute Gasteiger partial charge is 0.417 e. The van der Waals surface area contributed by atoms with Crippen molar-refractivity contribution in [1.29, 1.82) is 0 Å². The fourth-order valence-electron chi connectivity index (χ4n) is 2.59. The van der Waals surface area contributed by atoms with Gasteiger partial charge in [0.05, 0.1) is 12.2 Å². The summed E-state index contributed by atoms with van der Waals surface area (Å²) in [4.78, 5) is 0. The van der Waals surface area contributed by atoms with Gasteiger partial charge in [-0.15, -0.1) is 0 Å². The lowest BCUT2D eigenvalue weighted by molar-refractivity contribution is -0.137. The summed E-state index contributed by atoms with van der Waals surface area (Å²) < 4.78 is 58.2. The molecule has 124 valence electrons. The zero-order chi connectivity index (χ0) is 17.0. The van der Waals surface area contributed by atoms with Gasteiger partial charge < -0.3 is 10.5 Å². The van der Waals surface area contributed by atoms with Gasteiger partial charge in [-0.05, 0) is 43.1 Å². The molecule has 0 amide bonds. The van der Waals surface area contributed by atoms with E-state index >= 15 is 0 Å². The van der Waals surface area contributed by atoms with Crippen LogP contribution in [0.5, 0.6) is 5.75 Å². The van der Waals surface area contributed by atoms with E-state index in [4.69, 9.17) is 4.74 Å². The molecule has 1 aliphatic rings. The van der Waals surface area contributed by atoms with Crippen molar-refractivity contribution >= 4 is 0 Å². The number of halogens is 4. The van der Waals surface area contributed by atoms with Gasteiger partial charge in [0.15, 0.2) is 0 Å². The van der Waals surface area contributed by atoms with Crippen LogP contribution < -0.4 is 10.5 Å². The molecule has 0 aromatic heterocycles. The van der Waals surface area contributed by atoms with Crippen LogP contribution in [-0.2, 0) is 12.6 Å². The quantitative estimate of drug-likeness (QED) is 0.787. The molecule has 2 nitrogen and oxygen atoms in total. The van der Waals surface area contributed by atoms with Gasteiger partial charge in [0.1, 0.15) is 11.6 Å². The van der Waals surface area contributed by atoms with E-state index < -0.39 is 17.6 Å². The number of benzene rings is 2. The van der Waals surface area contributed by atoms with Gasteiger partial charge in [-0.3, -0.25) is 0 Å². The second kappa shape index (κ2) is 7.00. The Morgan fingerprint density at radius 1 is 1.04 bits per heavy atom. The Morgan fingerprint density at radius 3 is 2.48 bits per heavy atom. The Labute approximate surface area is 131 Å². The van der Waals surface area contributed by atoms with E-state index in [1.54, 1.807) is 12.1 Å². The predicted molar refractivity (Wildman–Crippen MR) is 80.8 cm³/mol. The molecule has 2 aromatic carbocycles. The van der Waals surface area contributed by atoms with Crippen LogP contribution in [-0.4, -0.2) is 13.7 Å². The number of alkyl halides is 3. The van der Waals surface area contributed by atoms with E-state index in [0.29, 0.717) is 24.0 Å². The lowest BCUT2D eigenvalue weighted by atomic mass is 9.94. The SMILES string of the molecule is CN.Fc1ccc(-c2cccc3c2OCCC3)c(C(F)(F)F)c1. The highest BCUT2D eigenvalue weighted by Crippen LogP contribution is 2.42. The second-order valence-electron chi connectivity index (χ2n) is 4.93. The van der Waals surface area contributed by atoms with E-state index in [9.17, 15) is 17.6 Å². The number of nitrogens with two attached hydrogens (primary N) is 1. The summed E-state index contributed by atoms with van der Waals surface area (Å²) >= 11 is 0. The maximum absolute atomic E-state index is 13.2. The Bertz CT molecular complexity index is 683. The van der Waals surface area contributed by atoms with Gasteiger partial charge in [-0.1, -0.05) is 24.3 Å². The van der Waals surface area contributed by atoms with Crippen LogP contribution in [0.2, 0.25) is 0 Å². The zero-order valence-corrected chi connectivity index (χ0v) is 12.6. The van der Waals surface area contributed by atoms with Gasteiger partial charge in [-0.25, -0.2) is 4.39 Å². The molecular formula is C17H17F4NO. The fraction of sp³-hybridized carbons (Fsp3) is 0.294. The number of ether oxygens (including phenoxy) is 1. The summed E-state index contributed by atoms with van der Waals surface area (Å²) in [5.41, 5.74) is 4.71. The summed E-state index contributed by atoms with van der Waals surface area (Å²) in [5.74, 6) is -0.433. The minimum atomic E-state index is -4.62. The summed E-state index contributed by atoms with van der Waals surface area (Å²) in [7, 11) is 1.50. The van der Waals surface area contributed by atoms with Crippen LogP contribution in [0.3, 0.4) is 0 Å². The van der Waals surface area contributed by atoms with Crippen molar-refractivity contribution in [3.8, 4) is 16.9 Å². The third-order valence-corrected chi connectivity index (χ3v) is 3.51. The van der Waals surface area contributed by atoms with Crippen LogP contribution in [0, 0.1) is 5.82 Å². The molecule has 0 bridgehead atoms.